The molecule has 5 rings (SSSR count). The lowest BCUT2D eigenvalue weighted by atomic mass is 10.1. The van der Waals surface area contributed by atoms with Gasteiger partial charge in [-0.15, -0.1) is 0 Å². The van der Waals surface area contributed by atoms with E-state index in [1.54, 1.807) is 28.3 Å². The Kier molecular flexibility index (Phi) is 4.98. The predicted octanol–water partition coefficient (Wildman–Crippen LogP) is 4.57. The number of hydrogen-bond acceptors (Lipinski definition) is 4. The maximum Gasteiger partial charge on any atom is 0.416 e. The smallest absolute Gasteiger partial charge is 0.416 e. The summed E-state index contributed by atoms with van der Waals surface area (Å²) in [6, 6.07) is 5.00. The number of hydrogen-bond donors (Lipinski definition) is 0. The lowest BCUT2D eigenvalue weighted by Gasteiger charge is -2.40. The number of carbonyl (C=O) groups excluding carboxylic acids is 1. The van der Waals surface area contributed by atoms with Gasteiger partial charge >= 0.3 is 12.2 Å². The van der Waals surface area contributed by atoms with Gasteiger partial charge in [0.25, 0.3) is 0 Å². The molecule has 9 heteroatoms. The second-order valence-electron chi connectivity index (χ2n) is 8.46. The van der Waals surface area contributed by atoms with E-state index in [0.29, 0.717) is 30.3 Å². The zero-order valence-electron chi connectivity index (χ0n) is 16.9. The maximum absolute atomic E-state index is 13.2. The van der Waals surface area contributed by atoms with E-state index in [0.717, 1.165) is 43.5 Å². The van der Waals surface area contributed by atoms with E-state index < -0.39 is 18.0 Å². The number of benzene rings is 1. The van der Waals surface area contributed by atoms with E-state index in [4.69, 9.17) is 4.74 Å². The highest BCUT2D eigenvalue weighted by atomic mass is 19.4. The quantitative estimate of drug-likeness (QED) is 0.695. The second-order valence-corrected chi connectivity index (χ2v) is 8.46. The van der Waals surface area contributed by atoms with Crippen LogP contribution in [0.3, 0.4) is 0 Å². The third-order valence-electron chi connectivity index (χ3n) is 6.20. The SMILES string of the molecule is O=C1N(Cc2cccc(C(F)(F)F)c2)CC[C@@H]2CC[C@H](Oc3cnc(C4CC4)cn3)N12. The second kappa shape index (κ2) is 7.69. The van der Waals surface area contributed by atoms with E-state index >= 15 is 0 Å². The van der Waals surface area contributed by atoms with Crippen LogP contribution < -0.4 is 4.74 Å². The molecule has 2 aromatic rings. The number of nitrogens with zero attached hydrogens (tertiary/aromatic N) is 4. The molecule has 3 aliphatic rings. The van der Waals surface area contributed by atoms with Crippen LogP contribution >= 0.6 is 0 Å². The first-order chi connectivity index (χ1) is 14.9. The van der Waals surface area contributed by atoms with Crippen molar-refractivity contribution >= 4 is 6.03 Å². The molecule has 3 heterocycles. The molecular weight excluding hydrogens is 409 g/mol. The highest BCUT2D eigenvalue weighted by molar-refractivity contribution is 5.76. The highest BCUT2D eigenvalue weighted by Crippen LogP contribution is 2.39. The molecule has 1 aromatic carbocycles. The lowest BCUT2D eigenvalue weighted by Crippen LogP contribution is -2.55. The fraction of sp³-hybridized carbons (Fsp3) is 0.500. The van der Waals surface area contributed by atoms with Gasteiger partial charge in [0.05, 0.1) is 23.7 Å². The van der Waals surface area contributed by atoms with E-state index in [1.807, 2.05) is 0 Å². The number of aromatic nitrogens is 2. The van der Waals surface area contributed by atoms with Gasteiger partial charge in [-0.3, -0.25) is 9.88 Å². The van der Waals surface area contributed by atoms with Crippen LogP contribution in [0.2, 0.25) is 0 Å². The Morgan fingerprint density at radius 3 is 2.61 bits per heavy atom. The summed E-state index contributed by atoms with van der Waals surface area (Å²) in [6.45, 7) is 0.646. The number of amides is 2. The minimum absolute atomic E-state index is 0.0777. The molecule has 1 aliphatic carbocycles. The topological polar surface area (TPSA) is 58.6 Å². The van der Waals surface area contributed by atoms with Crippen LogP contribution in [0.15, 0.2) is 36.7 Å². The van der Waals surface area contributed by atoms with Crippen LogP contribution in [-0.4, -0.2) is 44.6 Å². The van der Waals surface area contributed by atoms with Gasteiger partial charge in [0, 0.05) is 31.5 Å². The molecule has 1 saturated carbocycles. The van der Waals surface area contributed by atoms with E-state index in [1.165, 1.54) is 6.07 Å². The highest BCUT2D eigenvalue weighted by Gasteiger charge is 2.43. The van der Waals surface area contributed by atoms with E-state index in [9.17, 15) is 18.0 Å². The van der Waals surface area contributed by atoms with Crippen LogP contribution in [0.1, 0.15) is 54.8 Å². The Bertz CT molecular complexity index is 962. The van der Waals surface area contributed by atoms with Crippen LogP contribution in [0.5, 0.6) is 5.88 Å². The van der Waals surface area contributed by atoms with Gasteiger partial charge in [0.15, 0.2) is 6.23 Å². The third-order valence-corrected chi connectivity index (χ3v) is 6.20. The summed E-state index contributed by atoms with van der Waals surface area (Å²) in [7, 11) is 0. The van der Waals surface area contributed by atoms with Crippen molar-refractivity contribution in [1.82, 2.24) is 19.8 Å². The van der Waals surface area contributed by atoms with E-state index in [2.05, 4.69) is 9.97 Å². The molecular formula is C22H23F3N4O2. The molecule has 31 heavy (non-hydrogen) atoms. The first kappa shape index (κ1) is 20.1. The maximum atomic E-state index is 13.2. The number of urea groups is 1. The number of fused-ring (bicyclic) bond motifs is 1. The standard InChI is InChI=1S/C22H23F3N4O2/c23-22(24,25)16-3-1-2-14(10-16)13-28-9-8-17-6-7-20(29(17)21(28)30)31-19-12-26-18(11-27-19)15-4-5-15/h1-3,10-12,15,17,20H,4-9,13H2/t17-,20-/m0/s1. The summed E-state index contributed by atoms with van der Waals surface area (Å²) in [5, 5.41) is 0. The summed E-state index contributed by atoms with van der Waals surface area (Å²) in [5.74, 6) is 0.892. The van der Waals surface area contributed by atoms with Crippen molar-refractivity contribution in [3.63, 3.8) is 0 Å². The monoisotopic (exact) mass is 432 g/mol. The van der Waals surface area contributed by atoms with Gasteiger partial charge in [-0.2, -0.15) is 13.2 Å². The van der Waals surface area contributed by atoms with Crippen molar-refractivity contribution in [2.45, 2.75) is 63.0 Å². The molecule has 0 spiro atoms. The molecule has 2 aliphatic heterocycles. The third kappa shape index (κ3) is 4.18. The Hall–Kier alpha value is -2.84. The van der Waals surface area contributed by atoms with Crippen molar-refractivity contribution < 1.29 is 22.7 Å². The summed E-state index contributed by atoms with van der Waals surface area (Å²) < 4.78 is 45.0. The Morgan fingerprint density at radius 1 is 1.06 bits per heavy atom. The summed E-state index contributed by atoms with van der Waals surface area (Å²) in [6.07, 6.45) is 3.07. The average molecular weight is 432 g/mol. The van der Waals surface area contributed by atoms with Crippen LogP contribution in [0, 0.1) is 0 Å². The molecule has 0 N–H and O–H groups in total. The molecule has 1 aromatic heterocycles. The number of rotatable bonds is 5. The number of halogens is 3. The molecule has 2 amide bonds. The Morgan fingerprint density at radius 2 is 1.90 bits per heavy atom. The molecule has 0 radical (unpaired) electrons. The van der Waals surface area contributed by atoms with Crippen molar-refractivity contribution in [1.29, 1.82) is 0 Å². The fourth-order valence-corrected chi connectivity index (χ4v) is 4.42. The zero-order chi connectivity index (χ0) is 21.6. The van der Waals surface area contributed by atoms with Gasteiger partial charge in [-0.05, 0) is 43.4 Å². The number of carbonyl (C=O) groups is 1. The molecule has 2 saturated heterocycles. The van der Waals surface area contributed by atoms with Crippen molar-refractivity contribution in [2.75, 3.05) is 6.54 Å². The molecule has 3 fully saturated rings. The van der Waals surface area contributed by atoms with Gasteiger partial charge in [-0.25, -0.2) is 9.78 Å². The minimum atomic E-state index is -4.41. The van der Waals surface area contributed by atoms with Gasteiger partial charge in [0.2, 0.25) is 5.88 Å². The Labute approximate surface area is 178 Å². The van der Waals surface area contributed by atoms with Gasteiger partial charge in [-0.1, -0.05) is 12.1 Å². The minimum Gasteiger partial charge on any atom is -0.452 e. The molecule has 2 atom stereocenters. The van der Waals surface area contributed by atoms with Crippen molar-refractivity contribution in [3.8, 4) is 5.88 Å². The molecule has 0 unspecified atom stereocenters. The summed E-state index contributed by atoms with van der Waals surface area (Å²) in [4.78, 5) is 25.2. The molecule has 0 bridgehead atoms. The normalized spacial score (nSPS) is 23.8. The first-order valence-corrected chi connectivity index (χ1v) is 10.6. The molecule has 6 nitrogen and oxygen atoms in total. The number of ether oxygens (including phenoxy) is 1. The average Bonchev–Trinajstić information content (AvgIpc) is 3.52. The lowest BCUT2D eigenvalue weighted by molar-refractivity contribution is -0.137. The largest absolute Gasteiger partial charge is 0.452 e. The molecule has 164 valence electrons. The van der Waals surface area contributed by atoms with Crippen LogP contribution in [0.25, 0.3) is 0 Å². The van der Waals surface area contributed by atoms with Crippen LogP contribution in [-0.2, 0) is 12.7 Å². The summed E-state index contributed by atoms with van der Waals surface area (Å²) in [5.41, 5.74) is 0.723. The van der Waals surface area contributed by atoms with Gasteiger partial charge < -0.3 is 9.64 Å². The van der Waals surface area contributed by atoms with Crippen molar-refractivity contribution in [3.05, 3.63) is 53.5 Å². The van der Waals surface area contributed by atoms with Gasteiger partial charge in [0.1, 0.15) is 0 Å². The first-order valence-electron chi connectivity index (χ1n) is 10.6. The number of alkyl halides is 3. The fourth-order valence-electron chi connectivity index (χ4n) is 4.42. The summed E-state index contributed by atoms with van der Waals surface area (Å²) >= 11 is 0. The Balaban J connectivity index is 1.27. The predicted molar refractivity (Wildman–Crippen MR) is 105 cm³/mol. The zero-order valence-corrected chi connectivity index (χ0v) is 16.9. The van der Waals surface area contributed by atoms with Crippen molar-refractivity contribution in [2.24, 2.45) is 0 Å². The van der Waals surface area contributed by atoms with E-state index in [-0.39, 0.29) is 18.6 Å². The van der Waals surface area contributed by atoms with Crippen LogP contribution in [0.4, 0.5) is 18.0 Å².